The van der Waals surface area contributed by atoms with E-state index in [-0.39, 0.29) is 23.4 Å². The first-order valence-corrected chi connectivity index (χ1v) is 20.0. The second-order valence-electron chi connectivity index (χ2n) is 15.5. The van der Waals surface area contributed by atoms with Crippen LogP contribution in [0.2, 0.25) is 0 Å². The van der Waals surface area contributed by atoms with E-state index in [4.69, 9.17) is 4.52 Å². The number of hydrogen-bond donors (Lipinski definition) is 3. The quantitative estimate of drug-likeness (QED) is 0.299. The van der Waals surface area contributed by atoms with Crippen molar-refractivity contribution in [3.8, 4) is 0 Å². The number of alkyl halides is 3. The molecule has 4 fully saturated rings. The number of nitrogens with zero attached hydrogens (tertiary/aromatic N) is 2. The summed E-state index contributed by atoms with van der Waals surface area (Å²) in [4.78, 5) is 30.6. The Bertz CT molecular complexity index is 1450. The van der Waals surface area contributed by atoms with Crippen LogP contribution in [0.15, 0.2) is 41.0 Å². The molecule has 1 aliphatic heterocycles. The van der Waals surface area contributed by atoms with Crippen molar-refractivity contribution in [3.05, 3.63) is 41.7 Å². The maximum absolute atomic E-state index is 13.7. The fraction of sp³-hybridized carbons (Fsp3) is 0.758. The van der Waals surface area contributed by atoms with Crippen LogP contribution in [0.25, 0.3) is 0 Å². The van der Waals surface area contributed by atoms with Crippen molar-refractivity contribution in [1.29, 1.82) is 0 Å². The zero-order chi connectivity index (χ0) is 33.4. The van der Waals surface area contributed by atoms with Crippen molar-refractivity contribution in [2.45, 2.75) is 102 Å². The van der Waals surface area contributed by atoms with E-state index in [0.29, 0.717) is 41.9 Å². The zero-order valence-corrected chi connectivity index (χ0v) is 29.0. The molecule has 3 saturated carbocycles. The molecule has 4 aliphatic carbocycles. The Labute approximate surface area is 271 Å². The summed E-state index contributed by atoms with van der Waals surface area (Å²) in [5.74, 6) is 3.11. The number of benzene rings is 1. The van der Waals surface area contributed by atoms with E-state index >= 15 is 0 Å². The summed E-state index contributed by atoms with van der Waals surface area (Å²) < 4.78 is 74.8. The molecule has 8 nitrogen and oxygen atoms in total. The van der Waals surface area contributed by atoms with Crippen molar-refractivity contribution in [2.75, 3.05) is 19.6 Å². The third kappa shape index (κ3) is 6.07. The molecular weight excluding hydrogens is 640 g/mol. The van der Waals surface area contributed by atoms with Gasteiger partial charge in [-0.15, -0.1) is 0 Å². The van der Waals surface area contributed by atoms with Gasteiger partial charge in [-0.1, -0.05) is 12.1 Å². The molecular formula is C33H50F3N2O6PS. The van der Waals surface area contributed by atoms with Crippen LogP contribution < -0.4 is 0 Å². The Balaban J connectivity index is 1.09. The SMILES string of the molecule is CC1CN(S(=O)(=O)c2ccccc2C(F)(F)F)C(C)CN1C[C@H]1CC[C@@]2(C)C(CC[C@@H]3C2CC[C@]2(C)C(O[PH](O)(O)O)=CCC32)C1. The van der Waals surface area contributed by atoms with Gasteiger partial charge in [-0.25, -0.2) is 8.42 Å². The van der Waals surface area contributed by atoms with E-state index in [9.17, 15) is 36.3 Å². The van der Waals surface area contributed by atoms with E-state index in [1.165, 1.54) is 16.4 Å². The van der Waals surface area contributed by atoms with Gasteiger partial charge in [0.25, 0.3) is 0 Å². The normalized spacial score (nSPS) is 39.6. The maximum atomic E-state index is 13.7. The third-order valence-electron chi connectivity index (χ3n) is 12.9. The molecule has 260 valence electrons. The van der Waals surface area contributed by atoms with Crippen molar-refractivity contribution >= 4 is 18.2 Å². The summed E-state index contributed by atoms with van der Waals surface area (Å²) in [6, 6.07) is 3.88. The van der Waals surface area contributed by atoms with E-state index in [0.717, 1.165) is 70.0 Å². The molecule has 1 saturated heterocycles. The summed E-state index contributed by atoms with van der Waals surface area (Å²) in [6.07, 6.45) is 5.62. The van der Waals surface area contributed by atoms with Crippen molar-refractivity contribution in [2.24, 2.45) is 40.4 Å². The van der Waals surface area contributed by atoms with Crippen molar-refractivity contribution in [3.63, 3.8) is 0 Å². The molecule has 5 unspecified atom stereocenters. The topological polar surface area (TPSA) is 111 Å². The average molecular weight is 691 g/mol. The van der Waals surface area contributed by atoms with Gasteiger partial charge in [0.2, 0.25) is 10.0 Å². The Morgan fingerprint density at radius 3 is 2.39 bits per heavy atom. The Hall–Kier alpha value is -1.27. The van der Waals surface area contributed by atoms with E-state index in [2.05, 4.69) is 18.7 Å². The van der Waals surface area contributed by atoms with E-state index in [1.807, 2.05) is 13.0 Å². The number of rotatable bonds is 6. The molecule has 0 aromatic heterocycles. The standard InChI is InChI=1S/C33H50F3N2O6PS/c1-21-19-38(46(42,43)29-8-6-5-7-28(29)33(34,35)36)22(2)18-37(21)20-23-13-15-31(3)24(17-23)9-10-25-26-11-12-30(44-45(39,40)41)32(26,4)16-14-27(25)31/h5-8,12,21-27,39-41,45H,9-11,13-20H2,1-4H3/t21?,22?,23-,24?,25-,26?,27?,31-,32-/m0/s1. The molecule has 1 aromatic carbocycles. The first-order valence-electron chi connectivity index (χ1n) is 16.8. The fourth-order valence-electron chi connectivity index (χ4n) is 10.5. The predicted molar refractivity (Wildman–Crippen MR) is 171 cm³/mol. The fourth-order valence-corrected chi connectivity index (χ4v) is 13.0. The van der Waals surface area contributed by atoms with Gasteiger partial charge in [-0.2, -0.15) is 17.5 Å². The Kier molecular flexibility index (Phi) is 8.99. The van der Waals surface area contributed by atoms with E-state index < -0.39 is 40.9 Å². The molecule has 46 heavy (non-hydrogen) atoms. The van der Waals surface area contributed by atoms with Crippen LogP contribution in [0.5, 0.6) is 0 Å². The van der Waals surface area contributed by atoms with Crippen LogP contribution in [0.4, 0.5) is 13.2 Å². The van der Waals surface area contributed by atoms with Crippen LogP contribution in [-0.2, 0) is 20.7 Å². The predicted octanol–water partition coefficient (Wildman–Crippen LogP) is 6.34. The van der Waals surface area contributed by atoms with Crippen LogP contribution in [-0.4, -0.2) is 64.0 Å². The third-order valence-corrected chi connectivity index (χ3v) is 15.4. The molecule has 0 radical (unpaired) electrons. The minimum atomic E-state index is -4.76. The number of sulfonamides is 1. The van der Waals surface area contributed by atoms with Gasteiger partial charge in [-0.05, 0) is 26.0 Å². The molecule has 3 N–H and O–H groups in total. The molecule has 13 heteroatoms. The number of fused-ring (bicyclic) bond motifs is 5. The van der Waals surface area contributed by atoms with Crippen LogP contribution in [0.3, 0.4) is 0 Å². The summed E-state index contributed by atoms with van der Waals surface area (Å²) in [6.45, 7) is 9.90. The molecule has 6 rings (SSSR count). The van der Waals surface area contributed by atoms with E-state index in [1.54, 1.807) is 6.92 Å². The molecule has 1 heterocycles. The minimum absolute atomic E-state index is 0.117. The molecule has 9 atom stereocenters. The number of allylic oxidation sites excluding steroid dienone is 2. The van der Waals surface area contributed by atoms with Gasteiger partial charge in [0.05, 0.1) is 10.5 Å². The first-order chi connectivity index (χ1) is 21.3. The molecule has 0 spiro atoms. The van der Waals surface area contributed by atoms with Gasteiger partial charge in [0, 0.05) is 25.2 Å². The molecule has 0 bridgehead atoms. The molecule has 5 aliphatic rings. The average Bonchev–Trinajstić information content (AvgIpc) is 3.29. The van der Waals surface area contributed by atoms with Crippen LogP contribution in [0.1, 0.15) is 84.6 Å². The number of halogens is 3. The molecule has 0 amide bonds. The first kappa shape index (κ1) is 34.6. The van der Waals surface area contributed by atoms with Crippen molar-refractivity contribution in [1.82, 2.24) is 9.21 Å². The van der Waals surface area contributed by atoms with Crippen LogP contribution in [0, 0.1) is 40.4 Å². The monoisotopic (exact) mass is 690 g/mol. The van der Waals surface area contributed by atoms with Crippen LogP contribution >= 0.6 is 8.17 Å². The number of hydrogen-bond acceptors (Lipinski definition) is 7. The number of piperazine rings is 1. The summed E-state index contributed by atoms with van der Waals surface area (Å²) in [7, 11) is -8.98. The second kappa shape index (κ2) is 12.0. The second-order valence-corrected chi connectivity index (χ2v) is 18.7. The summed E-state index contributed by atoms with van der Waals surface area (Å²) in [5, 5.41) is 0. The molecule has 1 aromatic rings. The van der Waals surface area contributed by atoms with Gasteiger partial charge in [0.15, 0.2) is 0 Å². The Morgan fingerprint density at radius 1 is 0.978 bits per heavy atom. The Morgan fingerprint density at radius 2 is 1.70 bits per heavy atom. The van der Waals surface area contributed by atoms with Gasteiger partial charge < -0.3 is 0 Å². The zero-order valence-electron chi connectivity index (χ0n) is 27.2. The van der Waals surface area contributed by atoms with Gasteiger partial charge in [0.1, 0.15) is 0 Å². The van der Waals surface area contributed by atoms with Gasteiger partial charge >= 0.3 is 162 Å². The van der Waals surface area contributed by atoms with Gasteiger partial charge in [-0.3, -0.25) is 0 Å². The van der Waals surface area contributed by atoms with Crippen molar-refractivity contribution < 1.29 is 40.8 Å². The summed E-state index contributed by atoms with van der Waals surface area (Å²) in [5.41, 5.74) is -1.18. The summed E-state index contributed by atoms with van der Waals surface area (Å²) >= 11 is 0.